The fourth-order valence-corrected chi connectivity index (χ4v) is 3.34. The molecule has 3 nitrogen and oxygen atoms in total. The van der Waals surface area contributed by atoms with Crippen molar-refractivity contribution in [3.63, 3.8) is 0 Å². The van der Waals surface area contributed by atoms with E-state index in [1.54, 1.807) is 6.07 Å². The first kappa shape index (κ1) is 15.6. The van der Waals surface area contributed by atoms with Crippen LogP contribution in [0, 0.1) is 11.6 Å². The molecule has 1 aromatic rings. The predicted octanol–water partition coefficient (Wildman–Crippen LogP) is 2.65. The molecule has 0 aromatic heterocycles. The van der Waals surface area contributed by atoms with E-state index in [4.69, 9.17) is 4.74 Å². The maximum atomic E-state index is 13.5. The summed E-state index contributed by atoms with van der Waals surface area (Å²) in [5, 5.41) is 3.56. The first-order valence-electron chi connectivity index (χ1n) is 7.79. The Bertz CT molecular complexity index is 562. The molecule has 0 spiro atoms. The van der Waals surface area contributed by atoms with Gasteiger partial charge in [0.25, 0.3) is 0 Å². The van der Waals surface area contributed by atoms with Crippen LogP contribution in [0.3, 0.4) is 0 Å². The minimum Gasteiger partial charge on any atom is -0.377 e. The average molecular weight is 308 g/mol. The number of halogens is 2. The van der Waals surface area contributed by atoms with Gasteiger partial charge in [-0.25, -0.2) is 8.78 Å². The van der Waals surface area contributed by atoms with Gasteiger partial charge in [-0.05, 0) is 43.2 Å². The van der Waals surface area contributed by atoms with Crippen molar-refractivity contribution in [2.45, 2.75) is 24.9 Å². The zero-order chi connectivity index (χ0) is 15.5. The zero-order valence-corrected chi connectivity index (χ0v) is 12.8. The number of rotatable bonds is 4. The van der Waals surface area contributed by atoms with Gasteiger partial charge in [-0.3, -0.25) is 4.90 Å². The number of hydrogen-bond acceptors (Lipinski definition) is 3. The Kier molecular flexibility index (Phi) is 4.86. The van der Waals surface area contributed by atoms with Gasteiger partial charge in [0.05, 0.1) is 13.2 Å². The first-order valence-corrected chi connectivity index (χ1v) is 7.79. The molecule has 0 amide bonds. The van der Waals surface area contributed by atoms with E-state index in [1.165, 1.54) is 17.7 Å². The Labute approximate surface area is 129 Å². The van der Waals surface area contributed by atoms with Gasteiger partial charge in [0.1, 0.15) is 0 Å². The monoisotopic (exact) mass is 308 g/mol. The van der Waals surface area contributed by atoms with E-state index >= 15 is 0 Å². The number of likely N-dealkylation sites (N-methyl/N-ethyl adjacent to an activating group) is 1. The van der Waals surface area contributed by atoms with Gasteiger partial charge in [-0.2, -0.15) is 0 Å². The molecule has 3 rings (SSSR count). The number of benzene rings is 1. The van der Waals surface area contributed by atoms with E-state index < -0.39 is 11.6 Å². The summed E-state index contributed by atoms with van der Waals surface area (Å²) in [6.07, 6.45) is 4.18. The van der Waals surface area contributed by atoms with Gasteiger partial charge in [0.2, 0.25) is 0 Å². The zero-order valence-electron chi connectivity index (χ0n) is 12.8. The molecule has 0 aliphatic carbocycles. The second-order valence-electron chi connectivity index (χ2n) is 6.08. The van der Waals surface area contributed by atoms with E-state index in [0.717, 1.165) is 38.1 Å². The molecule has 0 saturated carbocycles. The van der Waals surface area contributed by atoms with Crippen molar-refractivity contribution in [3.8, 4) is 0 Å². The molecule has 5 heteroatoms. The molecular formula is C17H22F2N2O. The third-order valence-electron chi connectivity index (χ3n) is 4.51. The largest absolute Gasteiger partial charge is 0.377 e. The quantitative estimate of drug-likeness (QED) is 0.866. The van der Waals surface area contributed by atoms with Gasteiger partial charge in [-0.15, -0.1) is 0 Å². The molecule has 22 heavy (non-hydrogen) atoms. The number of likely N-dealkylation sites (tertiary alicyclic amines) is 1. The third-order valence-corrected chi connectivity index (χ3v) is 4.51. The summed E-state index contributed by atoms with van der Waals surface area (Å²) in [7, 11) is 2.02. The van der Waals surface area contributed by atoms with E-state index in [9.17, 15) is 8.78 Å². The summed E-state index contributed by atoms with van der Waals surface area (Å²) >= 11 is 0. The van der Waals surface area contributed by atoms with Crippen LogP contribution in [0.25, 0.3) is 0 Å². The highest BCUT2D eigenvalue weighted by Gasteiger charge is 2.33. The molecule has 2 heterocycles. The normalized spacial score (nSPS) is 26.2. The molecule has 1 fully saturated rings. The molecular weight excluding hydrogens is 286 g/mol. The second kappa shape index (κ2) is 6.86. The fraction of sp³-hybridized carbons (Fsp3) is 0.529. The van der Waals surface area contributed by atoms with E-state index in [0.29, 0.717) is 6.61 Å². The van der Waals surface area contributed by atoms with Gasteiger partial charge < -0.3 is 10.1 Å². The molecule has 1 aromatic carbocycles. The SMILES string of the molecule is CN1CC[C@@H](NCC2=CCCOC2)[C@@H]1c1ccc(F)c(F)c1. The second-order valence-corrected chi connectivity index (χ2v) is 6.08. The smallest absolute Gasteiger partial charge is 0.159 e. The van der Waals surface area contributed by atoms with Gasteiger partial charge in [-0.1, -0.05) is 12.1 Å². The molecule has 2 atom stereocenters. The molecule has 0 unspecified atom stereocenters. The number of nitrogens with one attached hydrogen (secondary N) is 1. The highest BCUT2D eigenvalue weighted by molar-refractivity contribution is 5.24. The van der Waals surface area contributed by atoms with Gasteiger partial charge in [0, 0.05) is 25.2 Å². The average Bonchev–Trinajstić information content (AvgIpc) is 2.90. The topological polar surface area (TPSA) is 24.5 Å². The van der Waals surface area contributed by atoms with Crippen LogP contribution < -0.4 is 5.32 Å². The van der Waals surface area contributed by atoms with E-state index in [1.807, 2.05) is 7.05 Å². The maximum absolute atomic E-state index is 13.5. The minimum atomic E-state index is -0.793. The number of ether oxygens (including phenoxy) is 1. The van der Waals surface area contributed by atoms with Crippen molar-refractivity contribution in [3.05, 3.63) is 47.0 Å². The van der Waals surface area contributed by atoms with Crippen LogP contribution in [-0.2, 0) is 4.74 Å². The number of nitrogens with zero attached hydrogens (tertiary/aromatic N) is 1. The van der Waals surface area contributed by atoms with Crippen LogP contribution in [0.15, 0.2) is 29.8 Å². The lowest BCUT2D eigenvalue weighted by Gasteiger charge is -2.27. The Hall–Kier alpha value is -1.30. The molecule has 1 saturated heterocycles. The van der Waals surface area contributed by atoms with Crippen molar-refractivity contribution in [1.29, 1.82) is 0 Å². The lowest BCUT2D eigenvalue weighted by Crippen LogP contribution is -2.37. The molecule has 120 valence electrons. The van der Waals surface area contributed by atoms with Gasteiger partial charge >= 0.3 is 0 Å². The summed E-state index contributed by atoms with van der Waals surface area (Å²) in [6.45, 7) is 3.22. The Morgan fingerprint density at radius 2 is 2.18 bits per heavy atom. The van der Waals surface area contributed by atoms with Crippen LogP contribution in [0.5, 0.6) is 0 Å². The maximum Gasteiger partial charge on any atom is 0.159 e. The van der Waals surface area contributed by atoms with Gasteiger partial charge in [0.15, 0.2) is 11.6 Å². The van der Waals surface area contributed by atoms with E-state index in [2.05, 4.69) is 16.3 Å². The third kappa shape index (κ3) is 3.37. The number of hydrogen-bond donors (Lipinski definition) is 1. The van der Waals surface area contributed by atoms with Crippen LogP contribution in [0.4, 0.5) is 8.78 Å². The first-order chi connectivity index (χ1) is 10.6. The molecule has 2 aliphatic rings. The molecule has 0 bridgehead atoms. The summed E-state index contributed by atoms with van der Waals surface area (Å²) < 4.78 is 32.1. The lowest BCUT2D eigenvalue weighted by molar-refractivity contribution is 0.148. The van der Waals surface area contributed by atoms with E-state index in [-0.39, 0.29) is 12.1 Å². The molecule has 0 radical (unpaired) electrons. The van der Waals surface area contributed by atoms with Crippen LogP contribution in [0.1, 0.15) is 24.4 Å². The Morgan fingerprint density at radius 3 is 2.91 bits per heavy atom. The standard InChI is InChI=1S/C17H22F2N2O/c1-21-7-6-16(20-10-12-3-2-8-22-11-12)17(21)13-4-5-14(18)15(19)9-13/h3-5,9,16-17,20H,2,6-8,10-11H2,1H3/t16-,17+/m1/s1. The predicted molar refractivity (Wildman–Crippen MR) is 81.7 cm³/mol. The molecule has 1 N–H and O–H groups in total. The highest BCUT2D eigenvalue weighted by atomic mass is 19.2. The van der Waals surface area contributed by atoms with Crippen molar-refractivity contribution < 1.29 is 13.5 Å². The Morgan fingerprint density at radius 1 is 1.32 bits per heavy atom. The van der Waals surface area contributed by atoms with Crippen molar-refractivity contribution in [1.82, 2.24) is 10.2 Å². The summed E-state index contributed by atoms with van der Waals surface area (Å²) in [6, 6.07) is 4.52. The highest BCUT2D eigenvalue weighted by Crippen LogP contribution is 2.31. The van der Waals surface area contributed by atoms with Crippen LogP contribution in [0.2, 0.25) is 0 Å². The van der Waals surface area contributed by atoms with Crippen LogP contribution >= 0.6 is 0 Å². The fourth-order valence-electron chi connectivity index (χ4n) is 3.34. The van der Waals surface area contributed by atoms with Crippen LogP contribution in [-0.4, -0.2) is 44.3 Å². The summed E-state index contributed by atoms with van der Waals surface area (Å²) in [4.78, 5) is 2.19. The summed E-state index contributed by atoms with van der Waals surface area (Å²) in [5.41, 5.74) is 2.09. The van der Waals surface area contributed by atoms with Crippen molar-refractivity contribution in [2.75, 3.05) is 33.4 Å². The molecule has 2 aliphatic heterocycles. The lowest BCUT2D eigenvalue weighted by atomic mass is 9.99. The minimum absolute atomic E-state index is 0.0696. The summed E-state index contributed by atoms with van der Waals surface area (Å²) in [5.74, 6) is -1.57. The van der Waals surface area contributed by atoms with Crippen molar-refractivity contribution >= 4 is 0 Å². The Balaban J connectivity index is 1.70. The van der Waals surface area contributed by atoms with Crippen molar-refractivity contribution in [2.24, 2.45) is 0 Å².